The maximum absolute atomic E-state index is 13.6. The minimum absolute atomic E-state index is 0.0183. The molecule has 2 rings (SSSR count). The van der Waals surface area contributed by atoms with Crippen molar-refractivity contribution in [3.63, 3.8) is 0 Å². The first-order chi connectivity index (χ1) is 18.2. The highest BCUT2D eigenvalue weighted by Crippen LogP contribution is 2.28. The Morgan fingerprint density at radius 1 is 1.03 bits per heavy atom. The lowest BCUT2D eigenvalue weighted by Crippen LogP contribution is -2.53. The fourth-order valence-corrected chi connectivity index (χ4v) is 5.59. The molecule has 0 saturated carbocycles. The summed E-state index contributed by atoms with van der Waals surface area (Å²) >= 11 is 12.8. The Morgan fingerprint density at radius 2 is 1.62 bits per heavy atom. The summed E-state index contributed by atoms with van der Waals surface area (Å²) in [5, 5.41) is 3.74. The van der Waals surface area contributed by atoms with Crippen LogP contribution >= 0.6 is 23.2 Å². The van der Waals surface area contributed by atoms with E-state index in [4.69, 9.17) is 27.9 Å². The average molecular weight is 601 g/mol. The van der Waals surface area contributed by atoms with Gasteiger partial charge in [0.15, 0.2) is 0 Å². The number of carbonyl (C=O) groups is 2. The van der Waals surface area contributed by atoms with Gasteiger partial charge in [-0.05, 0) is 76.9 Å². The zero-order chi connectivity index (χ0) is 29.4. The number of halogens is 2. The molecule has 0 aliphatic rings. The summed E-state index contributed by atoms with van der Waals surface area (Å²) in [5.74, 6) is 0.0496. The van der Waals surface area contributed by atoms with Crippen LogP contribution in [0.3, 0.4) is 0 Å². The number of ether oxygens (including phenoxy) is 1. The summed E-state index contributed by atoms with van der Waals surface area (Å²) in [5.41, 5.74) is 0.530. The highest BCUT2D eigenvalue weighted by atomic mass is 35.5. The first-order valence-corrected chi connectivity index (χ1v) is 15.5. The van der Waals surface area contributed by atoms with Gasteiger partial charge in [-0.3, -0.25) is 13.9 Å². The molecule has 0 aliphatic heterocycles. The minimum Gasteiger partial charge on any atom is -0.494 e. The maximum Gasteiger partial charge on any atom is 0.243 e. The third-order valence-electron chi connectivity index (χ3n) is 5.86. The van der Waals surface area contributed by atoms with E-state index in [1.807, 2.05) is 34.6 Å². The van der Waals surface area contributed by atoms with Gasteiger partial charge in [-0.15, -0.1) is 0 Å². The summed E-state index contributed by atoms with van der Waals surface area (Å²) in [7, 11) is -3.61. The van der Waals surface area contributed by atoms with Gasteiger partial charge in [0.1, 0.15) is 11.8 Å². The Balaban J connectivity index is 2.28. The molecule has 0 aliphatic carbocycles. The topological polar surface area (TPSA) is 96.0 Å². The van der Waals surface area contributed by atoms with Crippen molar-refractivity contribution in [3.05, 3.63) is 58.1 Å². The van der Waals surface area contributed by atoms with Gasteiger partial charge in [0.05, 0.1) is 18.6 Å². The summed E-state index contributed by atoms with van der Waals surface area (Å²) < 4.78 is 31.8. The molecule has 2 aromatic carbocycles. The largest absolute Gasteiger partial charge is 0.494 e. The van der Waals surface area contributed by atoms with Crippen LogP contribution in [0.25, 0.3) is 0 Å². The second-order valence-corrected chi connectivity index (χ2v) is 13.0. The van der Waals surface area contributed by atoms with Crippen LogP contribution in [0.5, 0.6) is 5.75 Å². The fourth-order valence-electron chi connectivity index (χ4n) is 4.11. The van der Waals surface area contributed by atoms with Gasteiger partial charge in [0.2, 0.25) is 21.8 Å². The van der Waals surface area contributed by atoms with E-state index < -0.39 is 21.6 Å². The molecule has 11 heteroatoms. The molecule has 1 N–H and O–H groups in total. The first kappa shape index (κ1) is 32.7. The van der Waals surface area contributed by atoms with Gasteiger partial charge in [0.25, 0.3) is 0 Å². The van der Waals surface area contributed by atoms with Gasteiger partial charge in [-0.1, -0.05) is 36.2 Å². The molecule has 0 saturated heterocycles. The van der Waals surface area contributed by atoms with Crippen molar-refractivity contribution in [1.29, 1.82) is 0 Å². The van der Waals surface area contributed by atoms with Crippen LogP contribution in [0.2, 0.25) is 10.0 Å². The molecule has 0 fully saturated rings. The SMILES string of the molecule is CCOc1ccc(N(CCCC(=O)N(Cc2c(Cl)cccc2Cl)[C@@H](CC)C(=O)NC(C)(C)C)S(C)(=O)=O)cc1. The van der Waals surface area contributed by atoms with E-state index in [0.717, 1.165) is 6.26 Å². The summed E-state index contributed by atoms with van der Waals surface area (Å²) in [6.07, 6.45) is 1.76. The van der Waals surface area contributed by atoms with Crippen LogP contribution in [0, 0.1) is 0 Å². The zero-order valence-electron chi connectivity index (χ0n) is 23.5. The molecule has 8 nitrogen and oxygen atoms in total. The van der Waals surface area contributed by atoms with Crippen LogP contribution in [0.15, 0.2) is 42.5 Å². The lowest BCUT2D eigenvalue weighted by Gasteiger charge is -2.33. The number of sulfonamides is 1. The Kier molecular flexibility index (Phi) is 11.9. The minimum atomic E-state index is -3.61. The first-order valence-electron chi connectivity index (χ1n) is 12.9. The van der Waals surface area contributed by atoms with Crippen molar-refractivity contribution >= 4 is 50.7 Å². The highest BCUT2D eigenvalue weighted by Gasteiger charge is 2.31. The van der Waals surface area contributed by atoms with Crippen molar-refractivity contribution in [2.45, 2.75) is 72.0 Å². The number of hydrogen-bond donors (Lipinski definition) is 1. The van der Waals surface area contributed by atoms with Crippen LogP contribution in [-0.2, 0) is 26.2 Å². The van der Waals surface area contributed by atoms with Crippen LogP contribution < -0.4 is 14.4 Å². The molecule has 2 amide bonds. The van der Waals surface area contributed by atoms with E-state index in [9.17, 15) is 18.0 Å². The average Bonchev–Trinajstić information content (AvgIpc) is 2.82. The number of nitrogens with zero attached hydrogens (tertiary/aromatic N) is 2. The van der Waals surface area contributed by atoms with Gasteiger partial charge < -0.3 is 15.0 Å². The third-order valence-corrected chi connectivity index (χ3v) is 7.76. The number of hydrogen-bond acceptors (Lipinski definition) is 5. The molecule has 0 heterocycles. The van der Waals surface area contributed by atoms with Gasteiger partial charge in [-0.25, -0.2) is 8.42 Å². The van der Waals surface area contributed by atoms with Crippen molar-refractivity contribution in [2.75, 3.05) is 23.7 Å². The van der Waals surface area contributed by atoms with E-state index in [1.165, 1.54) is 9.21 Å². The Hall–Kier alpha value is -2.49. The lowest BCUT2D eigenvalue weighted by molar-refractivity contribution is -0.142. The van der Waals surface area contributed by atoms with E-state index in [0.29, 0.717) is 40.1 Å². The lowest BCUT2D eigenvalue weighted by atomic mass is 10.0. The Morgan fingerprint density at radius 3 is 2.10 bits per heavy atom. The molecular formula is C28H39Cl2N3O5S. The summed E-state index contributed by atoms with van der Waals surface area (Å²) in [6.45, 7) is 9.94. The zero-order valence-corrected chi connectivity index (χ0v) is 25.8. The van der Waals surface area contributed by atoms with E-state index in [2.05, 4.69) is 5.32 Å². The second-order valence-electron chi connectivity index (χ2n) is 10.3. The predicted molar refractivity (Wildman–Crippen MR) is 158 cm³/mol. The number of rotatable bonds is 13. The summed E-state index contributed by atoms with van der Waals surface area (Å²) in [4.78, 5) is 28.3. The molecule has 0 unspecified atom stereocenters. The number of anilines is 1. The number of amides is 2. The second kappa shape index (κ2) is 14.2. The number of benzene rings is 2. The molecule has 1 atom stereocenters. The molecule has 0 radical (unpaired) electrons. The molecule has 39 heavy (non-hydrogen) atoms. The number of carbonyl (C=O) groups excluding carboxylic acids is 2. The molecular weight excluding hydrogens is 561 g/mol. The molecule has 216 valence electrons. The van der Waals surface area contributed by atoms with E-state index >= 15 is 0 Å². The normalized spacial score (nSPS) is 12.5. The van der Waals surface area contributed by atoms with Crippen molar-refractivity contribution in [3.8, 4) is 5.75 Å². The fraction of sp³-hybridized carbons (Fsp3) is 0.500. The monoisotopic (exact) mass is 599 g/mol. The van der Waals surface area contributed by atoms with Crippen molar-refractivity contribution in [1.82, 2.24) is 10.2 Å². The quantitative estimate of drug-likeness (QED) is 0.320. The van der Waals surface area contributed by atoms with Crippen LogP contribution in [0.1, 0.15) is 59.4 Å². The highest BCUT2D eigenvalue weighted by molar-refractivity contribution is 7.92. The standard InChI is InChI=1S/C28H39Cl2N3O5S/c1-7-25(27(35)31-28(3,4)5)32(19-22-23(29)11-9-12-24(22)30)26(34)13-10-18-33(39(6,36)37)20-14-16-21(17-15-20)38-8-2/h9,11-12,14-17,25H,7-8,10,13,18-19H2,1-6H3,(H,31,35)/t25-/m0/s1. The van der Waals surface area contributed by atoms with Gasteiger partial charge >= 0.3 is 0 Å². The maximum atomic E-state index is 13.6. The summed E-state index contributed by atoms with van der Waals surface area (Å²) in [6, 6.07) is 11.1. The smallest absolute Gasteiger partial charge is 0.243 e. The van der Waals surface area contributed by atoms with Crippen LogP contribution in [0.4, 0.5) is 5.69 Å². The van der Waals surface area contributed by atoms with E-state index in [1.54, 1.807) is 42.5 Å². The molecule has 0 aromatic heterocycles. The molecule has 0 bridgehead atoms. The van der Waals surface area contributed by atoms with Gasteiger partial charge in [-0.2, -0.15) is 0 Å². The van der Waals surface area contributed by atoms with E-state index in [-0.39, 0.29) is 37.7 Å². The molecule has 0 spiro atoms. The van der Waals surface area contributed by atoms with Crippen molar-refractivity contribution in [2.24, 2.45) is 0 Å². The Labute approximate surface area is 242 Å². The Bertz CT molecular complexity index is 1210. The number of nitrogens with one attached hydrogen (secondary N) is 1. The third kappa shape index (κ3) is 9.89. The van der Waals surface area contributed by atoms with Gasteiger partial charge in [0, 0.05) is 40.7 Å². The van der Waals surface area contributed by atoms with Crippen molar-refractivity contribution < 1.29 is 22.7 Å². The molecule has 2 aromatic rings. The van der Waals surface area contributed by atoms with Crippen LogP contribution in [-0.4, -0.2) is 56.1 Å². The predicted octanol–water partition coefficient (Wildman–Crippen LogP) is 5.66.